The molecule has 0 spiro atoms. The molecular weight excluding hydrogens is 289 g/mol. The third-order valence-corrected chi connectivity index (χ3v) is 4.78. The normalized spacial score (nSPS) is 25.4. The third-order valence-electron chi connectivity index (χ3n) is 4.58. The number of imidazole rings is 1. The number of fused-ring (bicyclic) bond motifs is 1. The van der Waals surface area contributed by atoms with Crippen molar-refractivity contribution in [3.8, 4) is 0 Å². The zero-order valence-electron chi connectivity index (χ0n) is 12.7. The highest BCUT2D eigenvalue weighted by atomic mass is 35.5. The van der Waals surface area contributed by atoms with E-state index in [-0.39, 0.29) is 11.2 Å². The Balaban J connectivity index is 2.10. The molecule has 3 atom stereocenters. The molecule has 1 aromatic heterocycles. The first-order chi connectivity index (χ1) is 9.97. The first-order valence-electron chi connectivity index (χ1n) is 7.49. The van der Waals surface area contributed by atoms with Gasteiger partial charge in [-0.15, -0.1) is 11.6 Å². The maximum absolute atomic E-state index is 13.7. The number of halogens is 2. The first kappa shape index (κ1) is 14.8. The number of benzene rings is 1. The molecule has 0 radical (unpaired) electrons. The van der Waals surface area contributed by atoms with Crippen LogP contribution in [0.5, 0.6) is 0 Å². The van der Waals surface area contributed by atoms with Crippen molar-refractivity contribution in [1.82, 2.24) is 14.5 Å². The highest BCUT2D eigenvalue weighted by molar-refractivity contribution is 6.20. The molecule has 1 fully saturated rings. The Labute approximate surface area is 129 Å². The van der Waals surface area contributed by atoms with Crippen molar-refractivity contribution >= 4 is 22.6 Å². The first-order valence-corrected chi connectivity index (χ1v) is 7.92. The molecule has 0 bridgehead atoms. The maximum Gasteiger partial charge on any atom is 0.127 e. The van der Waals surface area contributed by atoms with Crippen LogP contribution in [0.15, 0.2) is 18.2 Å². The topological polar surface area (TPSA) is 21.1 Å². The Bertz CT molecular complexity index is 652. The van der Waals surface area contributed by atoms with Gasteiger partial charge in [0, 0.05) is 18.6 Å². The highest BCUT2D eigenvalue weighted by Crippen LogP contribution is 2.34. The van der Waals surface area contributed by atoms with E-state index >= 15 is 0 Å². The number of alkyl halides is 1. The van der Waals surface area contributed by atoms with Gasteiger partial charge in [0.15, 0.2) is 0 Å². The van der Waals surface area contributed by atoms with E-state index in [0.29, 0.717) is 12.1 Å². The summed E-state index contributed by atoms with van der Waals surface area (Å²) in [5.41, 5.74) is 1.68. The number of hydrogen-bond acceptors (Lipinski definition) is 2. The fourth-order valence-corrected chi connectivity index (χ4v) is 3.40. The smallest absolute Gasteiger partial charge is 0.127 e. The standard InChI is InChI=1S/C16H21ClFN3/c1-10-8-13(6-7-20(10)3)21-15-9-12(18)4-5-14(15)19-16(21)11(2)17/h4-5,9-11,13H,6-8H2,1-3H3. The van der Waals surface area contributed by atoms with E-state index in [1.807, 2.05) is 6.92 Å². The van der Waals surface area contributed by atoms with E-state index in [1.165, 1.54) is 6.07 Å². The average Bonchev–Trinajstić information content (AvgIpc) is 2.80. The lowest BCUT2D eigenvalue weighted by atomic mass is 9.98. The Morgan fingerprint density at radius 1 is 1.43 bits per heavy atom. The minimum absolute atomic E-state index is 0.185. The zero-order chi connectivity index (χ0) is 15.1. The summed E-state index contributed by atoms with van der Waals surface area (Å²) in [5, 5.41) is -0.185. The summed E-state index contributed by atoms with van der Waals surface area (Å²) in [4.78, 5) is 6.98. The van der Waals surface area contributed by atoms with E-state index in [2.05, 4.69) is 28.4 Å². The van der Waals surface area contributed by atoms with Gasteiger partial charge >= 0.3 is 0 Å². The van der Waals surface area contributed by atoms with Gasteiger partial charge in [0.05, 0.1) is 16.4 Å². The molecule has 1 aliphatic rings. The van der Waals surface area contributed by atoms with Crippen LogP contribution < -0.4 is 0 Å². The molecule has 0 N–H and O–H groups in total. The van der Waals surface area contributed by atoms with E-state index in [9.17, 15) is 4.39 Å². The fraction of sp³-hybridized carbons (Fsp3) is 0.562. The lowest BCUT2D eigenvalue weighted by molar-refractivity contribution is 0.157. The highest BCUT2D eigenvalue weighted by Gasteiger charge is 2.28. The predicted molar refractivity (Wildman–Crippen MR) is 84.3 cm³/mol. The number of hydrogen-bond donors (Lipinski definition) is 0. The van der Waals surface area contributed by atoms with Crippen LogP contribution in [0.25, 0.3) is 11.0 Å². The molecule has 1 aromatic carbocycles. The Hall–Kier alpha value is -1.13. The summed E-state index contributed by atoms with van der Waals surface area (Å²) in [7, 11) is 2.15. The SMILES string of the molecule is CC(Cl)c1nc2ccc(F)cc2n1C1CCN(C)C(C)C1. The van der Waals surface area contributed by atoms with Crippen LogP contribution in [-0.2, 0) is 0 Å². The van der Waals surface area contributed by atoms with Gasteiger partial charge in [-0.25, -0.2) is 9.37 Å². The Morgan fingerprint density at radius 2 is 2.19 bits per heavy atom. The van der Waals surface area contributed by atoms with Gasteiger partial charge in [-0.05, 0) is 51.9 Å². The average molecular weight is 310 g/mol. The quantitative estimate of drug-likeness (QED) is 0.778. The molecule has 5 heteroatoms. The second kappa shape index (κ2) is 5.58. The van der Waals surface area contributed by atoms with Gasteiger partial charge in [0.2, 0.25) is 0 Å². The van der Waals surface area contributed by atoms with Crippen LogP contribution in [0, 0.1) is 5.82 Å². The number of aromatic nitrogens is 2. The molecule has 21 heavy (non-hydrogen) atoms. The molecule has 0 saturated carbocycles. The predicted octanol–water partition coefficient (Wildman–Crippen LogP) is 4.13. The van der Waals surface area contributed by atoms with Crippen molar-refractivity contribution in [3.05, 3.63) is 29.8 Å². The molecular formula is C16H21ClFN3. The largest absolute Gasteiger partial charge is 0.323 e. The Morgan fingerprint density at radius 3 is 2.86 bits per heavy atom. The van der Waals surface area contributed by atoms with Gasteiger partial charge in [-0.2, -0.15) is 0 Å². The minimum atomic E-state index is -0.224. The van der Waals surface area contributed by atoms with Crippen LogP contribution in [0.3, 0.4) is 0 Å². The maximum atomic E-state index is 13.7. The summed E-state index contributed by atoms with van der Waals surface area (Å²) >= 11 is 6.32. The van der Waals surface area contributed by atoms with Crippen molar-refractivity contribution in [2.45, 2.75) is 44.1 Å². The molecule has 1 aliphatic heterocycles. The van der Waals surface area contributed by atoms with E-state index in [0.717, 1.165) is 36.2 Å². The van der Waals surface area contributed by atoms with Gasteiger partial charge in [0.1, 0.15) is 11.6 Å². The molecule has 0 amide bonds. The molecule has 3 unspecified atom stereocenters. The Kier molecular flexibility index (Phi) is 3.93. The molecule has 3 nitrogen and oxygen atoms in total. The summed E-state index contributed by atoms with van der Waals surface area (Å²) in [6, 6.07) is 5.61. The number of piperidine rings is 1. The fourth-order valence-electron chi connectivity index (χ4n) is 3.25. The summed E-state index contributed by atoms with van der Waals surface area (Å²) in [6.45, 7) is 5.20. The summed E-state index contributed by atoms with van der Waals surface area (Å²) in [5.74, 6) is 0.623. The molecule has 2 aromatic rings. The third kappa shape index (κ3) is 2.67. The van der Waals surface area contributed by atoms with Crippen LogP contribution in [-0.4, -0.2) is 34.1 Å². The monoisotopic (exact) mass is 309 g/mol. The molecule has 1 saturated heterocycles. The van der Waals surface area contributed by atoms with Gasteiger partial charge in [-0.1, -0.05) is 0 Å². The van der Waals surface area contributed by atoms with Crippen LogP contribution in [0.4, 0.5) is 4.39 Å². The molecule has 2 heterocycles. The molecule has 3 rings (SSSR count). The number of rotatable bonds is 2. The minimum Gasteiger partial charge on any atom is -0.323 e. The lowest BCUT2D eigenvalue weighted by Crippen LogP contribution is -2.38. The van der Waals surface area contributed by atoms with Gasteiger partial charge < -0.3 is 9.47 Å². The van der Waals surface area contributed by atoms with Crippen LogP contribution >= 0.6 is 11.6 Å². The van der Waals surface area contributed by atoms with E-state index < -0.39 is 0 Å². The number of nitrogens with zero attached hydrogens (tertiary/aromatic N) is 3. The van der Waals surface area contributed by atoms with E-state index in [4.69, 9.17) is 11.6 Å². The number of likely N-dealkylation sites (tertiary alicyclic amines) is 1. The second-order valence-electron chi connectivity index (χ2n) is 6.10. The molecule has 0 aliphatic carbocycles. The van der Waals surface area contributed by atoms with Crippen LogP contribution in [0.2, 0.25) is 0 Å². The van der Waals surface area contributed by atoms with Gasteiger partial charge in [0.25, 0.3) is 0 Å². The summed E-state index contributed by atoms with van der Waals surface area (Å²) in [6.07, 6.45) is 2.08. The van der Waals surface area contributed by atoms with Crippen molar-refractivity contribution in [2.75, 3.05) is 13.6 Å². The zero-order valence-corrected chi connectivity index (χ0v) is 13.4. The lowest BCUT2D eigenvalue weighted by Gasteiger charge is -2.36. The van der Waals surface area contributed by atoms with Crippen LogP contribution in [0.1, 0.15) is 43.9 Å². The summed E-state index contributed by atoms with van der Waals surface area (Å²) < 4.78 is 15.8. The van der Waals surface area contributed by atoms with E-state index in [1.54, 1.807) is 12.1 Å². The molecule has 114 valence electrons. The van der Waals surface area contributed by atoms with Crippen molar-refractivity contribution in [2.24, 2.45) is 0 Å². The van der Waals surface area contributed by atoms with Crippen molar-refractivity contribution in [3.63, 3.8) is 0 Å². The second-order valence-corrected chi connectivity index (χ2v) is 6.75. The van der Waals surface area contributed by atoms with Gasteiger partial charge in [-0.3, -0.25) is 0 Å². The van der Waals surface area contributed by atoms with Crippen molar-refractivity contribution in [1.29, 1.82) is 0 Å². The van der Waals surface area contributed by atoms with Crippen molar-refractivity contribution < 1.29 is 4.39 Å².